The number of likely N-dealkylation sites (tertiary alicyclic amines) is 1. The van der Waals surface area contributed by atoms with E-state index in [4.69, 9.17) is 0 Å². The first-order valence-corrected chi connectivity index (χ1v) is 8.34. The summed E-state index contributed by atoms with van der Waals surface area (Å²) in [6, 6.07) is 0.680. The van der Waals surface area contributed by atoms with Gasteiger partial charge in [0.2, 0.25) is 0 Å². The molecule has 1 heterocycles. The van der Waals surface area contributed by atoms with Crippen LogP contribution in [0.3, 0.4) is 0 Å². The molecule has 0 aliphatic carbocycles. The van der Waals surface area contributed by atoms with Crippen molar-refractivity contribution < 1.29 is 9.90 Å². The summed E-state index contributed by atoms with van der Waals surface area (Å²) in [5.74, 6) is -0.733. The molecule has 0 amide bonds. The van der Waals surface area contributed by atoms with Crippen molar-refractivity contribution in [3.63, 3.8) is 0 Å². The van der Waals surface area contributed by atoms with Crippen LogP contribution in [0, 0.1) is 0 Å². The molecule has 2 atom stereocenters. The lowest BCUT2D eigenvalue weighted by Crippen LogP contribution is -2.50. The minimum Gasteiger partial charge on any atom is -0.480 e. The molecule has 5 nitrogen and oxygen atoms in total. The van der Waals surface area contributed by atoms with Crippen LogP contribution in [-0.2, 0) is 4.79 Å². The van der Waals surface area contributed by atoms with Crippen LogP contribution in [-0.4, -0.2) is 72.7 Å². The molecule has 1 aliphatic rings. The van der Waals surface area contributed by atoms with Crippen LogP contribution in [0.2, 0.25) is 0 Å². The highest BCUT2D eigenvalue weighted by molar-refractivity contribution is 5.78. The van der Waals surface area contributed by atoms with E-state index in [1.54, 1.807) is 7.05 Å². The Balaban J connectivity index is 2.35. The lowest BCUT2D eigenvalue weighted by atomic mass is 9.90. The van der Waals surface area contributed by atoms with Crippen molar-refractivity contribution >= 4 is 5.97 Å². The van der Waals surface area contributed by atoms with E-state index < -0.39 is 11.5 Å². The molecule has 5 heteroatoms. The van der Waals surface area contributed by atoms with Crippen molar-refractivity contribution in [2.75, 3.05) is 40.3 Å². The summed E-state index contributed by atoms with van der Waals surface area (Å²) in [7, 11) is 3.90. The largest absolute Gasteiger partial charge is 0.480 e. The van der Waals surface area contributed by atoms with E-state index in [0.29, 0.717) is 18.9 Å². The predicted octanol–water partition coefficient (Wildman–Crippen LogP) is 1.64. The molecule has 1 aliphatic heterocycles. The minimum absolute atomic E-state index is 0.620. The highest BCUT2D eigenvalue weighted by Gasteiger charge is 2.34. The van der Waals surface area contributed by atoms with Gasteiger partial charge in [-0.25, -0.2) is 0 Å². The van der Waals surface area contributed by atoms with E-state index in [1.165, 1.54) is 19.4 Å². The van der Waals surface area contributed by atoms with Gasteiger partial charge in [-0.15, -0.1) is 0 Å². The van der Waals surface area contributed by atoms with E-state index >= 15 is 0 Å². The fourth-order valence-corrected chi connectivity index (χ4v) is 3.46. The van der Waals surface area contributed by atoms with Crippen LogP contribution >= 0.6 is 0 Å². The van der Waals surface area contributed by atoms with Gasteiger partial charge < -0.3 is 15.3 Å². The van der Waals surface area contributed by atoms with E-state index in [0.717, 1.165) is 26.1 Å². The number of carboxylic acids is 1. The van der Waals surface area contributed by atoms with Crippen molar-refractivity contribution in [3.05, 3.63) is 0 Å². The molecule has 0 aromatic carbocycles. The molecule has 124 valence electrons. The molecule has 2 N–H and O–H groups in total. The zero-order valence-corrected chi connectivity index (χ0v) is 14.2. The topological polar surface area (TPSA) is 55.8 Å². The molecule has 1 rings (SSSR count). The summed E-state index contributed by atoms with van der Waals surface area (Å²) in [6.07, 6.45) is 4.82. The molecule has 0 spiro atoms. The average Bonchev–Trinajstić information content (AvgIpc) is 2.90. The van der Waals surface area contributed by atoms with Gasteiger partial charge in [0, 0.05) is 12.6 Å². The maximum atomic E-state index is 11.4. The van der Waals surface area contributed by atoms with Crippen molar-refractivity contribution in [2.45, 2.75) is 57.5 Å². The molecular weight excluding hydrogens is 266 g/mol. The van der Waals surface area contributed by atoms with Gasteiger partial charge in [0.25, 0.3) is 0 Å². The highest BCUT2D eigenvalue weighted by atomic mass is 16.4. The maximum absolute atomic E-state index is 11.4. The number of hydrogen-bond acceptors (Lipinski definition) is 4. The zero-order valence-electron chi connectivity index (χ0n) is 14.2. The predicted molar refractivity (Wildman–Crippen MR) is 86.7 cm³/mol. The Morgan fingerprint density at radius 3 is 2.71 bits per heavy atom. The van der Waals surface area contributed by atoms with Crippen LogP contribution in [0.25, 0.3) is 0 Å². The monoisotopic (exact) mass is 299 g/mol. The van der Waals surface area contributed by atoms with Crippen molar-refractivity contribution in [3.8, 4) is 0 Å². The van der Waals surface area contributed by atoms with Crippen molar-refractivity contribution in [1.82, 2.24) is 15.1 Å². The number of carboxylic acid groups (broad SMARTS) is 1. The lowest BCUT2D eigenvalue weighted by molar-refractivity contribution is -0.145. The van der Waals surface area contributed by atoms with Gasteiger partial charge in [-0.05, 0) is 65.8 Å². The molecule has 1 fully saturated rings. The van der Waals surface area contributed by atoms with Crippen molar-refractivity contribution in [1.29, 1.82) is 0 Å². The van der Waals surface area contributed by atoms with Crippen LogP contribution in [0.1, 0.15) is 46.0 Å². The second-order valence-corrected chi connectivity index (χ2v) is 6.28. The summed E-state index contributed by atoms with van der Waals surface area (Å²) in [5, 5.41) is 12.4. The third kappa shape index (κ3) is 4.94. The van der Waals surface area contributed by atoms with Gasteiger partial charge in [-0.2, -0.15) is 0 Å². The van der Waals surface area contributed by atoms with Gasteiger partial charge in [0.05, 0.1) is 0 Å². The first-order valence-electron chi connectivity index (χ1n) is 8.34. The van der Waals surface area contributed by atoms with E-state index in [9.17, 15) is 9.90 Å². The summed E-state index contributed by atoms with van der Waals surface area (Å²) < 4.78 is 0. The van der Waals surface area contributed by atoms with E-state index in [-0.39, 0.29) is 0 Å². The summed E-state index contributed by atoms with van der Waals surface area (Å²) in [4.78, 5) is 16.3. The Hall–Kier alpha value is -0.650. The van der Waals surface area contributed by atoms with Gasteiger partial charge in [0.1, 0.15) is 5.54 Å². The molecule has 1 saturated heterocycles. The highest BCUT2D eigenvalue weighted by Crippen LogP contribution is 2.19. The molecule has 2 unspecified atom stereocenters. The lowest BCUT2D eigenvalue weighted by Gasteiger charge is -2.30. The minimum atomic E-state index is -0.760. The normalized spacial score (nSPS) is 22.6. The third-order valence-corrected chi connectivity index (χ3v) is 5.06. The number of nitrogens with one attached hydrogen (secondary N) is 1. The Labute approximate surface area is 129 Å². The van der Waals surface area contributed by atoms with Crippen LogP contribution < -0.4 is 5.32 Å². The Morgan fingerprint density at radius 1 is 1.48 bits per heavy atom. The first kappa shape index (κ1) is 18.4. The van der Waals surface area contributed by atoms with Gasteiger partial charge in [0.15, 0.2) is 0 Å². The van der Waals surface area contributed by atoms with Crippen LogP contribution in [0.15, 0.2) is 0 Å². The van der Waals surface area contributed by atoms with E-state index in [2.05, 4.69) is 29.1 Å². The summed E-state index contributed by atoms with van der Waals surface area (Å²) >= 11 is 0. The van der Waals surface area contributed by atoms with Gasteiger partial charge in [-0.1, -0.05) is 13.8 Å². The quantitative estimate of drug-likeness (QED) is 0.642. The van der Waals surface area contributed by atoms with Crippen LogP contribution in [0.5, 0.6) is 0 Å². The third-order valence-electron chi connectivity index (χ3n) is 5.06. The molecular formula is C16H33N3O2. The zero-order chi connectivity index (χ0) is 15.9. The standard InChI is InChI=1S/C16H33N3O2/c1-5-16(17-3,15(20)21)10-8-11-18(4)13-14-9-7-12-19(14)6-2/h14,17H,5-13H2,1-4H3,(H,20,21). The number of likely N-dealkylation sites (N-methyl/N-ethyl adjacent to an activating group) is 3. The Morgan fingerprint density at radius 2 is 2.19 bits per heavy atom. The van der Waals surface area contributed by atoms with Crippen molar-refractivity contribution in [2.24, 2.45) is 0 Å². The summed E-state index contributed by atoms with van der Waals surface area (Å²) in [6.45, 7) is 8.59. The number of hydrogen-bond donors (Lipinski definition) is 2. The molecule has 0 bridgehead atoms. The molecule has 0 saturated carbocycles. The molecule has 21 heavy (non-hydrogen) atoms. The van der Waals surface area contributed by atoms with Gasteiger partial charge in [-0.3, -0.25) is 9.69 Å². The SMILES string of the molecule is CCN1CCCC1CN(C)CCCC(CC)(NC)C(=O)O. The second kappa shape index (κ2) is 8.71. The Bertz CT molecular complexity index is 319. The fourth-order valence-electron chi connectivity index (χ4n) is 3.46. The maximum Gasteiger partial charge on any atom is 0.323 e. The average molecular weight is 299 g/mol. The second-order valence-electron chi connectivity index (χ2n) is 6.28. The van der Waals surface area contributed by atoms with Crippen LogP contribution in [0.4, 0.5) is 0 Å². The number of rotatable bonds is 10. The number of nitrogens with zero attached hydrogens (tertiary/aromatic N) is 2. The molecule has 0 aromatic rings. The summed E-state index contributed by atoms with van der Waals surface area (Å²) in [5.41, 5.74) is -0.760. The van der Waals surface area contributed by atoms with E-state index in [1.807, 2.05) is 6.92 Å². The molecule has 0 radical (unpaired) electrons. The number of aliphatic carboxylic acids is 1. The fraction of sp³-hybridized carbons (Fsp3) is 0.938. The number of carbonyl (C=O) groups is 1. The van der Waals surface area contributed by atoms with Gasteiger partial charge >= 0.3 is 5.97 Å². The smallest absolute Gasteiger partial charge is 0.323 e. The molecule has 0 aromatic heterocycles. The first-order chi connectivity index (χ1) is 9.99. The Kier molecular flexibility index (Phi) is 7.63.